The number of rotatable bonds is 12. The molecule has 1 saturated carbocycles. The lowest BCUT2D eigenvalue weighted by molar-refractivity contribution is -0.142. The minimum atomic E-state index is -3.10. The van der Waals surface area contributed by atoms with Crippen LogP contribution in [-0.4, -0.2) is 75.0 Å². The van der Waals surface area contributed by atoms with Gasteiger partial charge in [0.05, 0.1) is 0 Å². The van der Waals surface area contributed by atoms with E-state index in [1.807, 2.05) is 50.2 Å². The van der Waals surface area contributed by atoms with Crippen LogP contribution in [0, 0.1) is 19.8 Å². The van der Waals surface area contributed by atoms with Crippen molar-refractivity contribution in [2.24, 2.45) is 5.92 Å². The van der Waals surface area contributed by atoms with Gasteiger partial charge in [-0.1, -0.05) is 24.3 Å². The Hall–Kier alpha value is -5.80. The number of carbonyl (C=O) groups excluding carboxylic acids is 1. The van der Waals surface area contributed by atoms with Crippen LogP contribution >= 0.6 is 0 Å². The van der Waals surface area contributed by atoms with E-state index in [0.717, 1.165) is 35.2 Å². The highest BCUT2D eigenvalue weighted by atomic mass is 19.3. The molecule has 15 heteroatoms. The van der Waals surface area contributed by atoms with Crippen molar-refractivity contribution in [3.05, 3.63) is 82.9 Å². The second-order valence-electron chi connectivity index (χ2n) is 15.7. The Morgan fingerprint density at radius 2 is 1.32 bits per heavy atom. The van der Waals surface area contributed by atoms with E-state index in [2.05, 4.69) is 4.90 Å². The first-order chi connectivity index (χ1) is 28.4. The number of carbonyl (C=O) groups is 2. The minimum absolute atomic E-state index is 0.00694. The van der Waals surface area contributed by atoms with Crippen molar-refractivity contribution in [2.45, 2.75) is 84.3 Å². The maximum Gasteiger partial charge on any atom is 0.387 e. The summed E-state index contributed by atoms with van der Waals surface area (Å²) in [7, 11) is 0. The van der Waals surface area contributed by atoms with E-state index in [0.29, 0.717) is 83.5 Å². The van der Waals surface area contributed by atoms with Gasteiger partial charge in [0.15, 0.2) is 11.2 Å². The standard InChI is InChI=1S/C44H40F4N4O7/c1-22-29(6-3-8-31(22)40-49-33-14-25(20-51-11-5-10-35(51)42(54)55)36(58-43(45)46)17-38(33)56-40)30-7-4-9-32(23(30)2)41-50-34-15-26(37(59-44(47)48)18-39(34)57-41)21-52-19-24-12-27(52)16-28(53)13-24/h3-4,6-9,14-15,17-18,24,27,35,43-44H,5,10-13,16,19-21H2,1-2H3,(H,54,55)/t24?,27?,35-/m0/s1. The van der Waals surface area contributed by atoms with Gasteiger partial charge in [-0.3, -0.25) is 19.4 Å². The van der Waals surface area contributed by atoms with Crippen LogP contribution in [0.4, 0.5) is 17.6 Å². The Morgan fingerprint density at radius 3 is 1.85 bits per heavy atom. The van der Waals surface area contributed by atoms with Crippen LogP contribution in [0.2, 0.25) is 0 Å². The summed E-state index contributed by atoms with van der Waals surface area (Å²) in [5.74, 6) is 0.0105. The molecule has 3 fully saturated rings. The molecule has 9 rings (SSSR count). The van der Waals surface area contributed by atoms with Crippen LogP contribution in [0.5, 0.6) is 11.5 Å². The average molecular weight is 813 g/mol. The number of nitrogens with zero attached hydrogens (tertiary/aromatic N) is 4. The summed E-state index contributed by atoms with van der Waals surface area (Å²) in [6.07, 6.45) is 3.07. The molecule has 3 atom stereocenters. The van der Waals surface area contributed by atoms with Gasteiger partial charge in [-0.25, -0.2) is 9.97 Å². The zero-order valence-electron chi connectivity index (χ0n) is 32.2. The van der Waals surface area contributed by atoms with Crippen LogP contribution < -0.4 is 9.47 Å². The molecule has 2 aromatic heterocycles. The summed E-state index contributed by atoms with van der Waals surface area (Å²) >= 11 is 0. The number of likely N-dealkylation sites (tertiary alicyclic amines) is 2. The van der Waals surface area contributed by atoms with Gasteiger partial charge >= 0.3 is 19.2 Å². The molecule has 4 heterocycles. The van der Waals surface area contributed by atoms with Crippen molar-refractivity contribution in [2.75, 3.05) is 13.1 Å². The maximum absolute atomic E-state index is 13.6. The van der Waals surface area contributed by atoms with Gasteiger partial charge in [0, 0.05) is 72.9 Å². The molecule has 2 saturated heterocycles. The highest BCUT2D eigenvalue weighted by Crippen LogP contribution is 2.41. The van der Waals surface area contributed by atoms with Gasteiger partial charge in [-0.05, 0) is 92.1 Å². The van der Waals surface area contributed by atoms with Gasteiger partial charge in [-0.15, -0.1) is 0 Å². The van der Waals surface area contributed by atoms with Gasteiger partial charge in [0.2, 0.25) is 11.8 Å². The number of hydrogen-bond donors (Lipinski definition) is 1. The fraction of sp³-hybridized carbons (Fsp3) is 0.364. The highest BCUT2D eigenvalue weighted by molar-refractivity contribution is 5.86. The van der Waals surface area contributed by atoms with Gasteiger partial charge in [-0.2, -0.15) is 17.6 Å². The lowest BCUT2D eigenvalue weighted by Crippen LogP contribution is -2.35. The molecule has 1 N–H and O–H groups in total. The lowest BCUT2D eigenvalue weighted by atomic mass is 9.89. The van der Waals surface area contributed by atoms with Crippen LogP contribution in [-0.2, 0) is 22.7 Å². The summed E-state index contributed by atoms with van der Waals surface area (Å²) in [5, 5.41) is 9.68. The second-order valence-corrected chi connectivity index (χ2v) is 15.7. The van der Waals surface area contributed by atoms with Crippen molar-refractivity contribution in [3.63, 3.8) is 0 Å². The number of carboxylic acids is 1. The normalized spacial score (nSPS) is 19.9. The third-order valence-corrected chi connectivity index (χ3v) is 12.0. The van der Waals surface area contributed by atoms with Crippen LogP contribution in [0.3, 0.4) is 0 Å². The number of alkyl halides is 4. The molecule has 6 aromatic rings. The van der Waals surface area contributed by atoms with E-state index < -0.39 is 25.2 Å². The molecule has 1 aliphatic carbocycles. The highest BCUT2D eigenvalue weighted by Gasteiger charge is 2.39. The minimum Gasteiger partial charge on any atom is -0.480 e. The lowest BCUT2D eigenvalue weighted by Gasteiger charge is -2.24. The number of oxazole rings is 2. The SMILES string of the molecule is Cc1c(-c2nc3cc(CN4CC5CC(=O)CC4C5)c(OC(F)F)cc3o2)cccc1-c1cccc(-c2nc3cc(CN4CCC[C@H]4C(=O)O)c(OC(F)F)cc3o2)c1C. The van der Waals surface area contributed by atoms with E-state index in [4.69, 9.17) is 28.3 Å². The molecular formula is C44H40F4N4O7. The van der Waals surface area contributed by atoms with Crippen molar-refractivity contribution in [1.29, 1.82) is 0 Å². The Balaban J connectivity index is 1.03. The number of ketones is 1. The maximum atomic E-state index is 13.6. The molecule has 2 aliphatic heterocycles. The van der Waals surface area contributed by atoms with Gasteiger partial charge < -0.3 is 23.4 Å². The molecule has 2 bridgehead atoms. The summed E-state index contributed by atoms with van der Waals surface area (Å²) < 4.78 is 76.5. The van der Waals surface area contributed by atoms with E-state index in [-0.39, 0.29) is 47.3 Å². The van der Waals surface area contributed by atoms with E-state index in [1.54, 1.807) is 17.0 Å². The quantitative estimate of drug-likeness (QED) is 0.119. The predicted octanol–water partition coefficient (Wildman–Crippen LogP) is 9.39. The number of carboxylic acid groups (broad SMARTS) is 1. The molecule has 11 nitrogen and oxygen atoms in total. The van der Waals surface area contributed by atoms with Gasteiger partial charge in [0.1, 0.15) is 34.4 Å². The van der Waals surface area contributed by atoms with Crippen molar-refractivity contribution >= 4 is 34.0 Å². The first kappa shape index (κ1) is 38.7. The Bertz CT molecular complexity index is 2610. The van der Waals surface area contributed by atoms with Crippen molar-refractivity contribution in [3.8, 4) is 45.5 Å². The van der Waals surface area contributed by atoms with Gasteiger partial charge in [0.25, 0.3) is 0 Å². The third-order valence-electron chi connectivity index (χ3n) is 12.0. The van der Waals surface area contributed by atoms with Crippen LogP contribution in [0.15, 0.2) is 69.5 Å². The fourth-order valence-electron chi connectivity index (χ4n) is 9.25. The molecule has 0 radical (unpaired) electrons. The third kappa shape index (κ3) is 7.53. The first-order valence-corrected chi connectivity index (χ1v) is 19.6. The van der Waals surface area contributed by atoms with Crippen molar-refractivity contribution in [1.82, 2.24) is 19.8 Å². The Morgan fingerprint density at radius 1 is 0.797 bits per heavy atom. The molecule has 4 aromatic carbocycles. The number of hydrogen-bond acceptors (Lipinski definition) is 10. The first-order valence-electron chi connectivity index (χ1n) is 19.6. The monoisotopic (exact) mass is 812 g/mol. The molecular weight excluding hydrogens is 772 g/mol. The van der Waals surface area contributed by atoms with E-state index in [1.165, 1.54) is 12.1 Å². The second kappa shape index (κ2) is 15.4. The number of ether oxygens (including phenoxy) is 2. The topological polar surface area (TPSA) is 131 Å². The van der Waals surface area contributed by atoms with E-state index in [9.17, 15) is 32.3 Å². The molecule has 2 unspecified atom stereocenters. The molecule has 0 spiro atoms. The number of fused-ring (bicyclic) bond motifs is 4. The zero-order valence-corrected chi connectivity index (χ0v) is 32.2. The summed E-state index contributed by atoms with van der Waals surface area (Å²) in [4.78, 5) is 37.5. The van der Waals surface area contributed by atoms with Crippen LogP contribution in [0.1, 0.15) is 54.4 Å². The smallest absolute Gasteiger partial charge is 0.387 e. The predicted molar refractivity (Wildman–Crippen MR) is 208 cm³/mol. The zero-order chi connectivity index (χ0) is 41.1. The van der Waals surface area contributed by atoms with Crippen LogP contribution in [0.25, 0.3) is 56.2 Å². The fourth-order valence-corrected chi connectivity index (χ4v) is 9.25. The molecule has 3 aliphatic rings. The summed E-state index contributed by atoms with van der Waals surface area (Å²) in [6.45, 7) is -0.602. The number of halogens is 4. The number of Topliss-reactive ketones (excluding diaryl/α,β-unsaturated/α-hetero) is 1. The summed E-state index contributed by atoms with van der Waals surface area (Å²) in [6, 6.07) is 16.9. The number of aliphatic carboxylic acids is 1. The average Bonchev–Trinajstić information content (AvgIpc) is 3.97. The van der Waals surface area contributed by atoms with Crippen molar-refractivity contribution < 1.29 is 50.6 Å². The molecule has 59 heavy (non-hydrogen) atoms. The summed E-state index contributed by atoms with van der Waals surface area (Å²) in [5.41, 5.74) is 7.10. The Kier molecular flexibility index (Phi) is 10.1. The van der Waals surface area contributed by atoms with E-state index >= 15 is 0 Å². The number of benzene rings is 4. The molecule has 306 valence electrons. The largest absolute Gasteiger partial charge is 0.480 e. The molecule has 0 amide bonds. The Labute approximate surface area is 335 Å². The number of aromatic nitrogens is 2.